The summed E-state index contributed by atoms with van der Waals surface area (Å²) in [5.41, 5.74) is 0.890. The van der Waals surface area contributed by atoms with E-state index in [0.29, 0.717) is 24.1 Å². The molecule has 0 radical (unpaired) electrons. The third kappa shape index (κ3) is 4.60. The molecule has 0 bridgehead atoms. The Labute approximate surface area is 104 Å². The highest BCUT2D eigenvalue weighted by molar-refractivity contribution is 9.10. The third-order valence-electron chi connectivity index (χ3n) is 2.11. The predicted molar refractivity (Wildman–Crippen MR) is 64.9 cm³/mol. The maximum absolute atomic E-state index is 13.0. The smallest absolute Gasteiger partial charge is 0.137 e. The van der Waals surface area contributed by atoms with Gasteiger partial charge in [0.2, 0.25) is 0 Å². The molecule has 1 atom stereocenters. The fourth-order valence-electron chi connectivity index (χ4n) is 1.36. The van der Waals surface area contributed by atoms with Gasteiger partial charge < -0.3 is 9.84 Å². The molecule has 0 fully saturated rings. The van der Waals surface area contributed by atoms with Gasteiger partial charge >= 0.3 is 0 Å². The topological polar surface area (TPSA) is 29.5 Å². The van der Waals surface area contributed by atoms with Gasteiger partial charge in [0.1, 0.15) is 5.82 Å². The van der Waals surface area contributed by atoms with E-state index >= 15 is 0 Å². The number of benzene rings is 1. The minimum Gasteiger partial charge on any atom is -0.390 e. The molecule has 4 heteroatoms. The maximum atomic E-state index is 13.0. The fraction of sp³-hybridized carbons (Fsp3) is 0.500. The molecule has 16 heavy (non-hydrogen) atoms. The molecule has 0 aliphatic carbocycles. The average molecular weight is 291 g/mol. The normalized spacial score (nSPS) is 12.8. The number of halogens is 2. The minimum absolute atomic E-state index is 0.291. The van der Waals surface area contributed by atoms with Crippen LogP contribution in [0.1, 0.15) is 18.9 Å². The van der Waals surface area contributed by atoms with Crippen LogP contribution in [0, 0.1) is 5.82 Å². The van der Waals surface area contributed by atoms with Crippen LogP contribution in [0.3, 0.4) is 0 Å². The van der Waals surface area contributed by atoms with Gasteiger partial charge in [0, 0.05) is 13.0 Å². The van der Waals surface area contributed by atoms with Crippen LogP contribution in [0.2, 0.25) is 0 Å². The summed E-state index contributed by atoms with van der Waals surface area (Å²) in [4.78, 5) is 0. The molecule has 0 aromatic heterocycles. The van der Waals surface area contributed by atoms with E-state index in [9.17, 15) is 9.50 Å². The highest BCUT2D eigenvalue weighted by Gasteiger charge is 2.07. The number of ether oxygens (including phenoxy) is 1. The lowest BCUT2D eigenvalue weighted by Gasteiger charge is -2.11. The van der Waals surface area contributed by atoms with Crippen molar-refractivity contribution in [3.63, 3.8) is 0 Å². The molecule has 90 valence electrons. The lowest BCUT2D eigenvalue weighted by Crippen LogP contribution is -2.18. The number of hydrogen-bond donors (Lipinski definition) is 1. The largest absolute Gasteiger partial charge is 0.390 e. The lowest BCUT2D eigenvalue weighted by atomic mass is 10.1. The van der Waals surface area contributed by atoms with Gasteiger partial charge in [-0.2, -0.15) is 0 Å². The van der Waals surface area contributed by atoms with Crippen molar-refractivity contribution in [2.75, 3.05) is 13.2 Å². The Morgan fingerprint density at radius 1 is 1.50 bits per heavy atom. The Morgan fingerprint density at radius 3 is 2.88 bits per heavy atom. The fourth-order valence-corrected chi connectivity index (χ4v) is 1.79. The Kier molecular flexibility index (Phi) is 5.95. The van der Waals surface area contributed by atoms with Crippen molar-refractivity contribution < 1.29 is 14.2 Å². The zero-order valence-electron chi connectivity index (χ0n) is 9.25. The van der Waals surface area contributed by atoms with Crippen LogP contribution in [0.5, 0.6) is 0 Å². The van der Waals surface area contributed by atoms with E-state index < -0.39 is 6.10 Å². The van der Waals surface area contributed by atoms with Crippen LogP contribution in [-0.4, -0.2) is 24.4 Å². The van der Waals surface area contributed by atoms with Gasteiger partial charge in [0.05, 0.1) is 17.2 Å². The maximum Gasteiger partial charge on any atom is 0.137 e. The molecule has 0 heterocycles. The molecule has 0 aliphatic heterocycles. The van der Waals surface area contributed by atoms with Gasteiger partial charge in [-0.05, 0) is 40.0 Å². The lowest BCUT2D eigenvalue weighted by molar-refractivity contribution is 0.0374. The highest BCUT2D eigenvalue weighted by atomic mass is 79.9. The average Bonchev–Trinajstić information content (AvgIpc) is 2.24. The van der Waals surface area contributed by atoms with E-state index in [1.54, 1.807) is 12.1 Å². The van der Waals surface area contributed by atoms with Crippen molar-refractivity contribution in [3.05, 3.63) is 34.1 Å². The molecule has 1 aromatic rings. The third-order valence-corrected chi connectivity index (χ3v) is 2.72. The van der Waals surface area contributed by atoms with E-state index in [0.717, 1.165) is 12.0 Å². The van der Waals surface area contributed by atoms with E-state index in [2.05, 4.69) is 15.9 Å². The quantitative estimate of drug-likeness (QED) is 0.817. The molecular formula is C12H16BrFO2. The Morgan fingerprint density at radius 2 is 2.25 bits per heavy atom. The molecule has 1 rings (SSSR count). The van der Waals surface area contributed by atoms with Crippen molar-refractivity contribution in [2.45, 2.75) is 25.9 Å². The first-order valence-electron chi connectivity index (χ1n) is 5.33. The predicted octanol–water partition coefficient (Wildman–Crippen LogP) is 2.92. The zero-order chi connectivity index (χ0) is 12.0. The molecular weight excluding hydrogens is 275 g/mol. The Hall–Kier alpha value is -0.450. The van der Waals surface area contributed by atoms with Gasteiger partial charge in [0.15, 0.2) is 0 Å². The summed E-state index contributed by atoms with van der Waals surface area (Å²) < 4.78 is 18.6. The van der Waals surface area contributed by atoms with Gasteiger partial charge in [-0.25, -0.2) is 4.39 Å². The van der Waals surface area contributed by atoms with Crippen LogP contribution in [-0.2, 0) is 11.2 Å². The highest BCUT2D eigenvalue weighted by Crippen LogP contribution is 2.17. The molecule has 1 unspecified atom stereocenters. The molecule has 2 nitrogen and oxygen atoms in total. The van der Waals surface area contributed by atoms with E-state index in [1.165, 1.54) is 6.07 Å². The number of hydrogen-bond acceptors (Lipinski definition) is 2. The molecule has 0 saturated heterocycles. The van der Waals surface area contributed by atoms with Crippen molar-refractivity contribution in [3.8, 4) is 0 Å². The van der Waals surface area contributed by atoms with Crippen molar-refractivity contribution in [1.82, 2.24) is 0 Å². The monoisotopic (exact) mass is 290 g/mol. The molecule has 1 aromatic carbocycles. The summed E-state index contributed by atoms with van der Waals surface area (Å²) in [7, 11) is 0. The SMILES string of the molecule is CCCOCC(O)Cc1ccc(F)c(Br)c1. The van der Waals surface area contributed by atoms with Crippen LogP contribution < -0.4 is 0 Å². The first kappa shape index (κ1) is 13.6. The number of aliphatic hydroxyl groups is 1. The summed E-state index contributed by atoms with van der Waals surface area (Å²) in [6.07, 6.45) is 0.876. The summed E-state index contributed by atoms with van der Waals surface area (Å²) in [5.74, 6) is -0.291. The van der Waals surface area contributed by atoms with Gasteiger partial charge in [-0.15, -0.1) is 0 Å². The summed E-state index contributed by atoms with van der Waals surface area (Å²) in [5, 5.41) is 9.66. The second kappa shape index (κ2) is 6.99. The van der Waals surface area contributed by atoms with Gasteiger partial charge in [-0.1, -0.05) is 13.0 Å². The van der Waals surface area contributed by atoms with Crippen molar-refractivity contribution in [2.24, 2.45) is 0 Å². The molecule has 0 aliphatic rings. The van der Waals surface area contributed by atoms with E-state index in [-0.39, 0.29) is 5.82 Å². The molecule has 0 amide bonds. The number of aliphatic hydroxyl groups excluding tert-OH is 1. The summed E-state index contributed by atoms with van der Waals surface area (Å²) >= 11 is 3.11. The van der Waals surface area contributed by atoms with Gasteiger partial charge in [0.25, 0.3) is 0 Å². The first-order chi connectivity index (χ1) is 7.63. The van der Waals surface area contributed by atoms with Crippen molar-refractivity contribution >= 4 is 15.9 Å². The number of rotatable bonds is 6. The standard InChI is InChI=1S/C12H16BrFO2/c1-2-5-16-8-10(15)6-9-3-4-12(14)11(13)7-9/h3-4,7,10,15H,2,5-6,8H2,1H3. The van der Waals surface area contributed by atoms with Crippen LogP contribution in [0.4, 0.5) is 4.39 Å². The minimum atomic E-state index is -0.538. The Bertz CT molecular complexity index is 331. The van der Waals surface area contributed by atoms with Crippen LogP contribution in [0.15, 0.2) is 22.7 Å². The van der Waals surface area contributed by atoms with Crippen molar-refractivity contribution in [1.29, 1.82) is 0 Å². The first-order valence-corrected chi connectivity index (χ1v) is 6.12. The van der Waals surface area contributed by atoms with E-state index in [1.807, 2.05) is 6.92 Å². The molecule has 0 saturated carbocycles. The van der Waals surface area contributed by atoms with E-state index in [4.69, 9.17) is 4.74 Å². The molecule has 1 N–H and O–H groups in total. The zero-order valence-corrected chi connectivity index (χ0v) is 10.8. The second-order valence-corrected chi connectivity index (χ2v) is 4.54. The summed E-state index contributed by atoms with van der Waals surface area (Å²) in [6.45, 7) is 3.00. The Balaban J connectivity index is 2.43. The molecule has 0 spiro atoms. The second-order valence-electron chi connectivity index (χ2n) is 3.68. The van der Waals surface area contributed by atoms with Crippen LogP contribution in [0.25, 0.3) is 0 Å². The van der Waals surface area contributed by atoms with Gasteiger partial charge in [-0.3, -0.25) is 0 Å². The summed E-state index contributed by atoms with van der Waals surface area (Å²) in [6, 6.07) is 4.74. The van der Waals surface area contributed by atoms with Crippen LogP contribution >= 0.6 is 15.9 Å².